The van der Waals surface area contributed by atoms with Crippen molar-refractivity contribution in [1.82, 2.24) is 5.43 Å². The van der Waals surface area contributed by atoms with E-state index in [0.717, 1.165) is 23.1 Å². The molecule has 0 aliphatic carbocycles. The Morgan fingerprint density at radius 1 is 0.938 bits per heavy atom. The number of nitrogens with zero attached hydrogens (tertiary/aromatic N) is 3. The van der Waals surface area contributed by atoms with E-state index in [0.29, 0.717) is 5.69 Å². The molecule has 1 amide bonds. The van der Waals surface area contributed by atoms with Gasteiger partial charge in [-0.25, -0.2) is 13.8 Å². The van der Waals surface area contributed by atoms with E-state index in [1.165, 1.54) is 10.5 Å². The molecule has 3 rings (SSSR count). The van der Waals surface area contributed by atoms with Gasteiger partial charge in [0, 0.05) is 19.8 Å². The molecule has 32 heavy (non-hydrogen) atoms. The Morgan fingerprint density at radius 3 is 2.19 bits per heavy atom. The second-order valence-electron chi connectivity index (χ2n) is 7.46. The highest BCUT2D eigenvalue weighted by Gasteiger charge is 2.23. The van der Waals surface area contributed by atoms with E-state index in [9.17, 15) is 13.2 Å². The molecule has 3 aromatic rings. The summed E-state index contributed by atoms with van der Waals surface area (Å²) in [7, 11) is 0.277. The highest BCUT2D eigenvalue weighted by molar-refractivity contribution is 7.92. The molecule has 0 radical (unpaired) electrons. The van der Waals surface area contributed by atoms with Crippen molar-refractivity contribution in [2.24, 2.45) is 5.10 Å². The summed E-state index contributed by atoms with van der Waals surface area (Å²) in [5.41, 5.74) is 5.70. The fourth-order valence-corrected chi connectivity index (χ4v) is 4.00. The summed E-state index contributed by atoms with van der Waals surface area (Å²) in [5.74, 6) is -0.497. The summed E-state index contributed by atoms with van der Waals surface area (Å²) in [6, 6.07) is 23.5. The molecule has 0 unspecified atom stereocenters. The van der Waals surface area contributed by atoms with Gasteiger partial charge in [0.15, 0.2) is 0 Å². The second kappa shape index (κ2) is 10.1. The summed E-state index contributed by atoms with van der Waals surface area (Å²) in [6.07, 6.45) is 2.67. The number of carbonyl (C=O) groups excluding carboxylic acids is 1. The van der Waals surface area contributed by atoms with Crippen LogP contribution < -0.4 is 14.6 Å². The molecule has 0 saturated carbocycles. The van der Waals surface area contributed by atoms with Crippen molar-refractivity contribution in [2.75, 3.05) is 29.6 Å². The van der Waals surface area contributed by atoms with Crippen molar-refractivity contribution in [3.63, 3.8) is 0 Å². The quantitative estimate of drug-likeness (QED) is 0.421. The van der Waals surface area contributed by atoms with Gasteiger partial charge in [-0.15, -0.1) is 0 Å². The van der Waals surface area contributed by atoms with Crippen LogP contribution in [0, 0.1) is 0 Å². The Labute approximate surface area is 189 Å². The highest BCUT2D eigenvalue weighted by Crippen LogP contribution is 2.25. The van der Waals surface area contributed by atoms with E-state index < -0.39 is 15.9 Å². The summed E-state index contributed by atoms with van der Waals surface area (Å²) >= 11 is 0. The fraction of sp³-hybridized carbons (Fsp3) is 0.167. The number of nitrogens with one attached hydrogen (secondary N) is 1. The second-order valence-corrected chi connectivity index (χ2v) is 9.36. The normalized spacial score (nSPS) is 11.3. The monoisotopic (exact) mass is 450 g/mol. The van der Waals surface area contributed by atoms with Crippen molar-refractivity contribution < 1.29 is 13.2 Å². The molecular weight excluding hydrogens is 424 g/mol. The van der Waals surface area contributed by atoms with E-state index in [-0.39, 0.29) is 12.1 Å². The summed E-state index contributed by atoms with van der Waals surface area (Å²) in [5, 5.41) is 4.03. The first-order valence-corrected chi connectivity index (χ1v) is 11.8. The van der Waals surface area contributed by atoms with Crippen LogP contribution >= 0.6 is 0 Å². The molecule has 0 fully saturated rings. The number of anilines is 2. The minimum absolute atomic E-state index is 0.117. The van der Waals surface area contributed by atoms with E-state index >= 15 is 0 Å². The third-order valence-electron chi connectivity index (χ3n) is 4.78. The van der Waals surface area contributed by atoms with Gasteiger partial charge in [0.25, 0.3) is 5.91 Å². The Hall–Kier alpha value is -3.65. The van der Waals surface area contributed by atoms with Gasteiger partial charge in [-0.2, -0.15) is 5.10 Å². The third kappa shape index (κ3) is 5.95. The lowest BCUT2D eigenvalue weighted by molar-refractivity contribution is 0.0956. The number of hydrogen-bond acceptors (Lipinski definition) is 5. The molecule has 166 valence electrons. The van der Waals surface area contributed by atoms with Crippen molar-refractivity contribution >= 4 is 33.5 Å². The zero-order chi connectivity index (χ0) is 23.1. The number of sulfonamides is 1. The molecule has 1 N–H and O–H groups in total. The van der Waals surface area contributed by atoms with E-state index in [4.69, 9.17) is 0 Å². The van der Waals surface area contributed by atoms with Gasteiger partial charge in [-0.05, 0) is 35.4 Å². The maximum atomic E-state index is 12.8. The van der Waals surface area contributed by atoms with Gasteiger partial charge in [-0.1, -0.05) is 54.6 Å². The highest BCUT2D eigenvalue weighted by atomic mass is 32.2. The molecule has 7 nitrogen and oxygen atoms in total. The molecule has 3 aromatic carbocycles. The molecule has 0 aromatic heterocycles. The summed E-state index contributed by atoms with van der Waals surface area (Å²) in [4.78, 5) is 14.8. The molecule has 0 atom stereocenters. The van der Waals surface area contributed by atoms with E-state index in [1.807, 2.05) is 73.6 Å². The number of para-hydroxylation sites is 1. The van der Waals surface area contributed by atoms with Crippen LogP contribution in [0.15, 0.2) is 84.0 Å². The molecule has 8 heteroatoms. The first kappa shape index (κ1) is 23.0. The minimum Gasteiger partial charge on any atom is -0.378 e. The lowest BCUT2D eigenvalue weighted by Gasteiger charge is -2.24. The maximum Gasteiger partial charge on any atom is 0.273 e. The topological polar surface area (TPSA) is 82.1 Å². The third-order valence-corrected chi connectivity index (χ3v) is 5.90. The number of hydrogen-bond donors (Lipinski definition) is 1. The SMILES string of the molecule is CN(C)c1ccc(/C=N/NC(=O)c2ccccc2N(Cc2ccccc2)S(C)(=O)=O)cc1. The van der Waals surface area contributed by atoms with Gasteiger partial charge in [0.2, 0.25) is 10.0 Å². The Kier molecular flexibility index (Phi) is 7.27. The zero-order valence-electron chi connectivity index (χ0n) is 18.3. The molecule has 0 heterocycles. The molecule has 0 spiro atoms. The van der Waals surface area contributed by atoms with Crippen LogP contribution in [0.5, 0.6) is 0 Å². The van der Waals surface area contributed by atoms with Gasteiger partial charge in [0.05, 0.1) is 30.3 Å². The van der Waals surface area contributed by atoms with Crippen molar-refractivity contribution in [2.45, 2.75) is 6.54 Å². The van der Waals surface area contributed by atoms with Crippen LogP contribution in [0.2, 0.25) is 0 Å². The van der Waals surface area contributed by atoms with Crippen LogP contribution in [0.25, 0.3) is 0 Å². The van der Waals surface area contributed by atoms with Crippen molar-refractivity contribution in [3.8, 4) is 0 Å². The Balaban J connectivity index is 1.81. The largest absolute Gasteiger partial charge is 0.378 e. The van der Waals surface area contributed by atoms with Gasteiger partial charge >= 0.3 is 0 Å². The first-order chi connectivity index (χ1) is 15.3. The lowest BCUT2D eigenvalue weighted by atomic mass is 10.1. The Morgan fingerprint density at radius 2 is 1.56 bits per heavy atom. The standard InChI is InChI=1S/C24H26N4O3S/c1-27(2)21-15-13-19(14-16-21)17-25-26-24(29)22-11-7-8-12-23(22)28(32(3,30)31)18-20-9-5-4-6-10-20/h4-17H,18H2,1-3H3,(H,26,29)/b25-17+. The average molecular weight is 451 g/mol. The molecular formula is C24H26N4O3S. The lowest BCUT2D eigenvalue weighted by Crippen LogP contribution is -2.32. The maximum absolute atomic E-state index is 12.8. The van der Waals surface area contributed by atoms with Gasteiger partial charge < -0.3 is 4.90 Å². The molecule has 0 bridgehead atoms. The zero-order valence-corrected chi connectivity index (χ0v) is 19.1. The van der Waals surface area contributed by atoms with Gasteiger partial charge in [0.1, 0.15) is 0 Å². The number of amides is 1. The number of carbonyl (C=O) groups is 1. The number of rotatable bonds is 8. The first-order valence-electron chi connectivity index (χ1n) is 9.97. The molecule has 0 saturated heterocycles. The Bertz CT molecular complexity index is 1190. The fourth-order valence-electron chi connectivity index (χ4n) is 3.10. The smallest absolute Gasteiger partial charge is 0.273 e. The van der Waals surface area contributed by atoms with Gasteiger partial charge in [-0.3, -0.25) is 9.10 Å². The van der Waals surface area contributed by atoms with E-state index in [2.05, 4.69) is 10.5 Å². The predicted octanol–water partition coefficient (Wildman–Crippen LogP) is 3.48. The summed E-state index contributed by atoms with van der Waals surface area (Å²) in [6.45, 7) is 0.117. The van der Waals surface area contributed by atoms with Crippen LogP contribution in [-0.4, -0.2) is 40.9 Å². The van der Waals surface area contributed by atoms with Crippen LogP contribution in [0.4, 0.5) is 11.4 Å². The minimum atomic E-state index is -3.64. The number of hydrazone groups is 1. The number of benzene rings is 3. The predicted molar refractivity (Wildman–Crippen MR) is 130 cm³/mol. The van der Waals surface area contributed by atoms with E-state index in [1.54, 1.807) is 24.3 Å². The van der Waals surface area contributed by atoms with Crippen LogP contribution in [0.1, 0.15) is 21.5 Å². The molecule has 0 aliphatic rings. The van der Waals surface area contributed by atoms with Crippen molar-refractivity contribution in [3.05, 3.63) is 95.6 Å². The summed E-state index contributed by atoms with van der Waals surface area (Å²) < 4.78 is 26.3. The molecule has 0 aliphatic heterocycles. The van der Waals surface area contributed by atoms with Crippen LogP contribution in [-0.2, 0) is 16.6 Å². The van der Waals surface area contributed by atoms with Crippen molar-refractivity contribution in [1.29, 1.82) is 0 Å². The average Bonchev–Trinajstić information content (AvgIpc) is 2.78. The van der Waals surface area contributed by atoms with Crippen LogP contribution in [0.3, 0.4) is 0 Å².